The van der Waals surface area contributed by atoms with Crippen LogP contribution in [0.5, 0.6) is 5.75 Å². The second-order valence-electron chi connectivity index (χ2n) is 15.4. The largest absolute Gasteiger partial charge is 0.508 e. The number of aliphatic hydroxyl groups excluding tert-OH is 1. The molecule has 2 fully saturated rings. The van der Waals surface area contributed by atoms with Gasteiger partial charge in [-0.3, -0.25) is 19.3 Å². The van der Waals surface area contributed by atoms with E-state index in [9.17, 15) is 24.6 Å². The highest BCUT2D eigenvalue weighted by molar-refractivity contribution is 5.98. The van der Waals surface area contributed by atoms with Gasteiger partial charge in [0.05, 0.1) is 18.2 Å². The van der Waals surface area contributed by atoms with Crippen LogP contribution >= 0.6 is 0 Å². The number of rotatable bonds is 10. The molecular weight excluding hydrogens is 580 g/mol. The predicted molar refractivity (Wildman–Crippen MR) is 180 cm³/mol. The van der Waals surface area contributed by atoms with Crippen molar-refractivity contribution in [2.24, 2.45) is 17.3 Å². The van der Waals surface area contributed by atoms with Crippen LogP contribution in [0.25, 0.3) is 0 Å². The minimum Gasteiger partial charge on any atom is -0.508 e. The molecule has 46 heavy (non-hydrogen) atoms. The fraction of sp³-hybridized carbons (Fsp3) is 0.595. The Labute approximate surface area is 274 Å². The smallest absolute Gasteiger partial charge is 0.251 e. The van der Waals surface area contributed by atoms with Crippen molar-refractivity contribution in [1.29, 1.82) is 0 Å². The maximum absolute atomic E-state index is 14.0. The molecule has 2 aliphatic rings. The lowest BCUT2D eigenvalue weighted by molar-refractivity contribution is -0.133. The van der Waals surface area contributed by atoms with Gasteiger partial charge >= 0.3 is 0 Å². The number of benzene rings is 2. The molecule has 1 saturated heterocycles. The number of β-amino-alcohol motifs (C(OH)–C–C–N with tert-alkyl or cyclic N) is 1. The van der Waals surface area contributed by atoms with Crippen LogP contribution in [-0.2, 0) is 16.0 Å². The Bertz CT molecular complexity index is 1320. The quantitative estimate of drug-likeness (QED) is 0.263. The Balaban J connectivity index is 1.56. The minimum absolute atomic E-state index is 0.0166. The maximum Gasteiger partial charge on any atom is 0.251 e. The lowest BCUT2D eigenvalue weighted by atomic mass is 9.72. The molecule has 3 amide bonds. The van der Waals surface area contributed by atoms with Gasteiger partial charge in [-0.1, -0.05) is 70.4 Å². The molecule has 0 spiro atoms. The van der Waals surface area contributed by atoms with Gasteiger partial charge in [0.2, 0.25) is 11.8 Å². The van der Waals surface area contributed by atoms with Gasteiger partial charge in [-0.25, -0.2) is 0 Å². The molecule has 0 aromatic heterocycles. The third-order valence-electron chi connectivity index (χ3n) is 9.35. The van der Waals surface area contributed by atoms with E-state index >= 15 is 0 Å². The van der Waals surface area contributed by atoms with Crippen LogP contribution in [0.4, 0.5) is 0 Å². The molecule has 9 heteroatoms. The average molecular weight is 635 g/mol. The molecule has 2 aromatic rings. The summed E-state index contributed by atoms with van der Waals surface area (Å²) < 4.78 is 0. The molecule has 4 rings (SSSR count). The predicted octanol–water partition coefficient (Wildman–Crippen LogP) is 4.42. The fourth-order valence-corrected chi connectivity index (χ4v) is 6.91. The average Bonchev–Trinajstić information content (AvgIpc) is 2.98. The number of piperidine rings is 1. The van der Waals surface area contributed by atoms with Crippen LogP contribution in [0.15, 0.2) is 54.6 Å². The van der Waals surface area contributed by atoms with Crippen molar-refractivity contribution in [3.63, 3.8) is 0 Å². The Morgan fingerprint density at radius 3 is 2.13 bits per heavy atom. The number of likely N-dealkylation sites (tertiary alicyclic amines) is 1. The van der Waals surface area contributed by atoms with Crippen LogP contribution < -0.4 is 16.0 Å². The maximum atomic E-state index is 14.0. The Hall–Kier alpha value is -3.43. The number of nitrogens with zero attached hydrogens (tertiary/aromatic N) is 1. The molecule has 1 aliphatic carbocycles. The van der Waals surface area contributed by atoms with Crippen molar-refractivity contribution in [3.05, 3.63) is 65.7 Å². The number of hydrogen-bond acceptors (Lipinski definition) is 6. The van der Waals surface area contributed by atoms with Gasteiger partial charge < -0.3 is 26.2 Å². The normalized spacial score (nSPS) is 22.5. The number of fused-ring (bicyclic) bond motifs is 1. The zero-order valence-electron chi connectivity index (χ0n) is 28.4. The minimum atomic E-state index is -0.970. The first-order valence-corrected chi connectivity index (χ1v) is 16.8. The van der Waals surface area contributed by atoms with Gasteiger partial charge in [-0.15, -0.1) is 0 Å². The third-order valence-corrected chi connectivity index (χ3v) is 9.35. The van der Waals surface area contributed by atoms with Crippen molar-refractivity contribution in [2.75, 3.05) is 13.1 Å². The summed E-state index contributed by atoms with van der Waals surface area (Å²) in [6, 6.07) is 13.7. The summed E-state index contributed by atoms with van der Waals surface area (Å²) >= 11 is 0. The molecule has 252 valence electrons. The number of phenols is 1. The molecule has 6 atom stereocenters. The van der Waals surface area contributed by atoms with E-state index in [4.69, 9.17) is 0 Å². The van der Waals surface area contributed by atoms with E-state index in [1.54, 1.807) is 0 Å². The summed E-state index contributed by atoms with van der Waals surface area (Å²) in [5, 5.41) is 30.7. The van der Waals surface area contributed by atoms with Crippen LogP contribution in [0.3, 0.4) is 0 Å². The van der Waals surface area contributed by atoms with Gasteiger partial charge in [0.1, 0.15) is 11.8 Å². The molecule has 1 aliphatic heterocycles. The number of carbonyl (C=O) groups excluding carboxylic acids is 3. The lowest BCUT2D eigenvalue weighted by Gasteiger charge is -2.47. The van der Waals surface area contributed by atoms with E-state index in [2.05, 4.69) is 20.9 Å². The SMILES string of the molecule is CC(C)(C)NC(=O)[C@@H]1CC2CCCCC2CN1C[C@@H](O)C(Cc1ccccc1)NC(=O)[C@@H](NC(=O)c1ccc(O)cc1)C(C)(C)C. The second kappa shape index (κ2) is 15.0. The number of phenolic OH excluding ortho intramolecular Hbond substituents is 1. The van der Waals surface area contributed by atoms with Crippen LogP contribution in [-0.4, -0.2) is 75.7 Å². The van der Waals surface area contributed by atoms with Gasteiger partial charge in [-0.05, 0) is 87.1 Å². The number of carbonyl (C=O) groups is 3. The molecule has 9 nitrogen and oxygen atoms in total. The van der Waals surface area contributed by atoms with E-state index in [0.29, 0.717) is 23.8 Å². The summed E-state index contributed by atoms with van der Waals surface area (Å²) in [7, 11) is 0. The van der Waals surface area contributed by atoms with Gasteiger partial charge in [0.15, 0.2) is 0 Å². The van der Waals surface area contributed by atoms with Crippen molar-refractivity contribution in [2.45, 2.75) is 110 Å². The second-order valence-corrected chi connectivity index (χ2v) is 15.4. The highest BCUT2D eigenvalue weighted by Crippen LogP contribution is 2.39. The van der Waals surface area contributed by atoms with Crippen LogP contribution in [0.1, 0.15) is 89.6 Å². The number of aliphatic hydroxyl groups is 1. The van der Waals surface area contributed by atoms with Crippen molar-refractivity contribution in [1.82, 2.24) is 20.9 Å². The summed E-state index contributed by atoms with van der Waals surface area (Å²) in [5.74, 6) is 0.192. The molecule has 0 radical (unpaired) electrons. The standard InChI is InChI=1S/C37H54N4O5/c1-36(2,3)32(39-33(44)25-16-18-28(42)19-17-25)35(46)38-29(20-24-12-8-7-9-13-24)31(43)23-41-22-27-15-11-10-14-26(27)21-30(41)34(45)40-37(4,5)6/h7-9,12-13,16-19,26-27,29-32,42-43H,10-11,14-15,20-23H2,1-6H3,(H,38,46)(H,39,44)(H,40,45)/t26?,27?,29?,30-,31+,32+/m0/s1. The number of aromatic hydroxyl groups is 1. The molecule has 1 heterocycles. The lowest BCUT2D eigenvalue weighted by Crippen LogP contribution is -2.61. The summed E-state index contributed by atoms with van der Waals surface area (Å²) in [4.78, 5) is 42.8. The van der Waals surface area contributed by atoms with Crippen molar-refractivity contribution < 1.29 is 24.6 Å². The third kappa shape index (κ3) is 9.79. The fourth-order valence-electron chi connectivity index (χ4n) is 6.91. The molecular formula is C37H54N4O5. The Morgan fingerprint density at radius 2 is 1.52 bits per heavy atom. The number of amides is 3. The summed E-state index contributed by atoms with van der Waals surface area (Å²) in [5.41, 5.74) is 0.269. The zero-order chi connectivity index (χ0) is 33.6. The van der Waals surface area contributed by atoms with Gasteiger partial charge in [0.25, 0.3) is 5.91 Å². The van der Waals surface area contributed by atoms with E-state index in [0.717, 1.165) is 31.4 Å². The van der Waals surface area contributed by atoms with Crippen LogP contribution in [0.2, 0.25) is 0 Å². The van der Waals surface area contributed by atoms with E-state index in [-0.39, 0.29) is 29.8 Å². The highest BCUT2D eigenvalue weighted by atomic mass is 16.3. The molecule has 1 saturated carbocycles. The van der Waals surface area contributed by atoms with Gasteiger partial charge in [0, 0.05) is 24.2 Å². The monoisotopic (exact) mass is 634 g/mol. The topological polar surface area (TPSA) is 131 Å². The van der Waals surface area contributed by atoms with Crippen molar-refractivity contribution in [3.8, 4) is 5.75 Å². The highest BCUT2D eigenvalue weighted by Gasteiger charge is 2.42. The molecule has 0 bridgehead atoms. The summed E-state index contributed by atoms with van der Waals surface area (Å²) in [6.07, 6.45) is 4.83. The first kappa shape index (κ1) is 35.4. The van der Waals surface area contributed by atoms with Crippen LogP contribution in [0, 0.1) is 17.3 Å². The number of nitrogens with one attached hydrogen (secondary N) is 3. The molecule has 5 N–H and O–H groups in total. The molecule has 3 unspecified atom stereocenters. The van der Waals surface area contributed by atoms with Crippen molar-refractivity contribution >= 4 is 17.7 Å². The first-order valence-electron chi connectivity index (χ1n) is 16.8. The Kier molecular flexibility index (Phi) is 11.5. The Morgan fingerprint density at radius 1 is 0.891 bits per heavy atom. The summed E-state index contributed by atoms with van der Waals surface area (Å²) in [6.45, 7) is 12.6. The van der Waals surface area contributed by atoms with E-state index < -0.39 is 35.4 Å². The first-order chi connectivity index (χ1) is 21.6. The van der Waals surface area contributed by atoms with E-state index in [1.165, 1.54) is 37.1 Å². The van der Waals surface area contributed by atoms with E-state index in [1.807, 2.05) is 71.9 Å². The molecule has 2 aromatic carbocycles. The zero-order valence-corrected chi connectivity index (χ0v) is 28.4. The van der Waals surface area contributed by atoms with Gasteiger partial charge in [-0.2, -0.15) is 0 Å². The number of hydrogen-bond donors (Lipinski definition) is 5.